The molecule has 134 valence electrons. The maximum Gasteiger partial charge on any atom is 0.162 e. The predicted molar refractivity (Wildman–Crippen MR) is 91.5 cm³/mol. The summed E-state index contributed by atoms with van der Waals surface area (Å²) in [6, 6.07) is 16.0. The van der Waals surface area contributed by atoms with E-state index in [1.165, 1.54) is 17.7 Å². The largest absolute Gasteiger partial charge is 1.00 e. The van der Waals surface area contributed by atoms with E-state index in [0.717, 1.165) is 26.1 Å². The molecule has 0 N–H and O–H groups in total. The van der Waals surface area contributed by atoms with Gasteiger partial charge in [0.2, 0.25) is 0 Å². The molecular weight excluding hydrogens is 341 g/mol. The Kier molecular flexibility index (Phi) is 7.56. The maximum atomic E-state index is 12.9. The second kappa shape index (κ2) is 9.66. The zero-order chi connectivity index (χ0) is 16.8. The van der Waals surface area contributed by atoms with Gasteiger partial charge in [0.15, 0.2) is 5.78 Å². The molecule has 1 fully saturated rings. The average molecular weight is 363 g/mol. The van der Waals surface area contributed by atoms with Crippen LogP contribution in [0.4, 0.5) is 4.39 Å². The molecule has 0 radical (unpaired) electrons. The first kappa shape index (κ1) is 19.6. The number of ketones is 1. The van der Waals surface area contributed by atoms with Crippen molar-refractivity contribution >= 4 is 5.78 Å². The molecule has 3 rings (SSSR count). The highest BCUT2D eigenvalue weighted by Crippen LogP contribution is 2.22. The third-order valence-electron chi connectivity index (χ3n) is 4.37. The van der Waals surface area contributed by atoms with Gasteiger partial charge in [-0.15, -0.1) is 0 Å². The van der Waals surface area contributed by atoms with Gasteiger partial charge in [-0.05, 0) is 42.8 Å². The molecule has 1 saturated heterocycles. The summed E-state index contributed by atoms with van der Waals surface area (Å²) in [5.74, 6) is -0.241. The third kappa shape index (κ3) is 5.63. The van der Waals surface area contributed by atoms with Crippen molar-refractivity contribution in [2.75, 3.05) is 26.2 Å². The van der Waals surface area contributed by atoms with Crippen molar-refractivity contribution in [1.29, 1.82) is 0 Å². The highest BCUT2D eigenvalue weighted by molar-refractivity contribution is 5.95. The average Bonchev–Trinajstić information content (AvgIpc) is 2.63. The topological polar surface area (TPSA) is 29.5 Å². The van der Waals surface area contributed by atoms with Crippen LogP contribution in [-0.4, -0.2) is 36.9 Å². The van der Waals surface area contributed by atoms with Gasteiger partial charge in [-0.2, -0.15) is 0 Å². The van der Waals surface area contributed by atoms with Crippen LogP contribution in [0.3, 0.4) is 0 Å². The Hall–Kier alpha value is -1.75. The first-order valence-electron chi connectivity index (χ1n) is 8.40. The number of halogens is 2. The molecular formula is C20H22ClFNO2-. The molecule has 25 heavy (non-hydrogen) atoms. The van der Waals surface area contributed by atoms with E-state index in [0.29, 0.717) is 18.6 Å². The van der Waals surface area contributed by atoms with E-state index in [9.17, 15) is 9.18 Å². The molecule has 2 aromatic carbocycles. The van der Waals surface area contributed by atoms with Gasteiger partial charge in [0.1, 0.15) is 5.82 Å². The van der Waals surface area contributed by atoms with Crippen LogP contribution in [0, 0.1) is 5.82 Å². The van der Waals surface area contributed by atoms with Gasteiger partial charge in [0, 0.05) is 25.1 Å². The fourth-order valence-electron chi connectivity index (χ4n) is 3.02. The molecule has 0 spiro atoms. The van der Waals surface area contributed by atoms with Crippen molar-refractivity contribution in [3.63, 3.8) is 0 Å². The van der Waals surface area contributed by atoms with E-state index >= 15 is 0 Å². The van der Waals surface area contributed by atoms with Crippen LogP contribution in [0.15, 0.2) is 54.6 Å². The Morgan fingerprint density at radius 3 is 2.56 bits per heavy atom. The number of nitrogens with zero attached hydrogens (tertiary/aromatic N) is 1. The van der Waals surface area contributed by atoms with Crippen molar-refractivity contribution in [2.24, 2.45) is 0 Å². The summed E-state index contributed by atoms with van der Waals surface area (Å²) >= 11 is 0. The van der Waals surface area contributed by atoms with Crippen molar-refractivity contribution in [3.05, 3.63) is 71.5 Å². The lowest BCUT2D eigenvalue weighted by molar-refractivity contribution is -0.0302. The van der Waals surface area contributed by atoms with E-state index in [1.54, 1.807) is 12.1 Å². The molecule has 0 aromatic heterocycles. The summed E-state index contributed by atoms with van der Waals surface area (Å²) in [6.45, 7) is 3.34. The molecule has 1 unspecified atom stereocenters. The molecule has 0 aliphatic carbocycles. The van der Waals surface area contributed by atoms with Gasteiger partial charge in [0.05, 0.1) is 12.7 Å². The Morgan fingerprint density at radius 2 is 1.84 bits per heavy atom. The minimum atomic E-state index is -0.313. The highest BCUT2D eigenvalue weighted by Gasteiger charge is 2.21. The first-order chi connectivity index (χ1) is 11.7. The Bertz CT molecular complexity index is 663. The number of carbonyl (C=O) groups is 1. The van der Waals surface area contributed by atoms with Gasteiger partial charge in [-0.1, -0.05) is 30.3 Å². The monoisotopic (exact) mass is 362 g/mol. The number of Topliss-reactive ketones (excluding diaryl/α,β-unsaturated/α-hetero) is 1. The van der Waals surface area contributed by atoms with E-state index in [4.69, 9.17) is 4.74 Å². The smallest absolute Gasteiger partial charge is 0.162 e. The zero-order valence-corrected chi connectivity index (χ0v) is 14.8. The lowest BCUT2D eigenvalue weighted by atomic mass is 10.1. The molecule has 1 heterocycles. The summed E-state index contributed by atoms with van der Waals surface area (Å²) in [4.78, 5) is 14.5. The summed E-state index contributed by atoms with van der Waals surface area (Å²) in [7, 11) is 0. The molecule has 0 bridgehead atoms. The Morgan fingerprint density at radius 1 is 1.12 bits per heavy atom. The standard InChI is InChI=1S/C20H22FNO2.ClH/c21-18-10-8-16(9-11-18)19(23)7-4-12-22-13-14-24-20(15-22)17-5-2-1-3-6-17;/h1-3,5-6,8-11,20H,4,7,12-15H2;1H/p-1. The Labute approximate surface area is 154 Å². The normalized spacial score (nSPS) is 17.7. The lowest BCUT2D eigenvalue weighted by Gasteiger charge is -2.33. The second-order valence-electron chi connectivity index (χ2n) is 6.10. The van der Waals surface area contributed by atoms with Gasteiger partial charge < -0.3 is 17.1 Å². The number of carbonyl (C=O) groups excluding carboxylic acids is 1. The summed E-state index contributed by atoms with van der Waals surface area (Å²) in [6.07, 6.45) is 1.39. The quantitative estimate of drug-likeness (QED) is 0.714. The number of benzene rings is 2. The maximum absolute atomic E-state index is 12.9. The molecule has 1 aliphatic heterocycles. The van der Waals surface area contributed by atoms with Crippen LogP contribution >= 0.6 is 0 Å². The van der Waals surface area contributed by atoms with E-state index in [-0.39, 0.29) is 30.1 Å². The summed E-state index contributed by atoms with van der Waals surface area (Å²) in [5, 5.41) is 0. The molecule has 5 heteroatoms. The van der Waals surface area contributed by atoms with Crippen LogP contribution in [0.25, 0.3) is 0 Å². The fourth-order valence-corrected chi connectivity index (χ4v) is 3.02. The predicted octanol–water partition coefficient (Wildman–Crippen LogP) is 0.866. The number of hydrogen-bond acceptors (Lipinski definition) is 3. The van der Waals surface area contributed by atoms with E-state index in [2.05, 4.69) is 17.0 Å². The fraction of sp³-hybridized carbons (Fsp3) is 0.350. The minimum absolute atomic E-state index is 0. The van der Waals surface area contributed by atoms with Crippen LogP contribution in [-0.2, 0) is 4.74 Å². The van der Waals surface area contributed by atoms with Crippen LogP contribution in [0.5, 0.6) is 0 Å². The summed E-state index contributed by atoms with van der Waals surface area (Å²) < 4.78 is 18.7. The lowest BCUT2D eigenvalue weighted by Crippen LogP contribution is -3.00. The number of morpholine rings is 1. The van der Waals surface area contributed by atoms with E-state index in [1.807, 2.05) is 18.2 Å². The Balaban J connectivity index is 0.00000225. The molecule has 3 nitrogen and oxygen atoms in total. The number of hydrogen-bond donors (Lipinski definition) is 0. The molecule has 0 saturated carbocycles. The summed E-state index contributed by atoms with van der Waals surface area (Å²) in [5.41, 5.74) is 1.78. The minimum Gasteiger partial charge on any atom is -1.00 e. The molecule has 1 aliphatic rings. The SMILES string of the molecule is O=C(CCCN1CCOC(c2ccccc2)C1)c1ccc(F)cc1.[Cl-]. The van der Waals surface area contributed by atoms with E-state index < -0.39 is 0 Å². The third-order valence-corrected chi connectivity index (χ3v) is 4.37. The van der Waals surface area contributed by atoms with Gasteiger partial charge in [-0.25, -0.2) is 4.39 Å². The van der Waals surface area contributed by atoms with Crippen LogP contribution < -0.4 is 12.4 Å². The van der Waals surface area contributed by atoms with Gasteiger partial charge in [0.25, 0.3) is 0 Å². The van der Waals surface area contributed by atoms with Crippen LogP contribution in [0.1, 0.15) is 34.9 Å². The molecule has 2 aromatic rings. The van der Waals surface area contributed by atoms with Gasteiger partial charge >= 0.3 is 0 Å². The zero-order valence-electron chi connectivity index (χ0n) is 14.0. The van der Waals surface area contributed by atoms with Crippen molar-refractivity contribution < 1.29 is 26.3 Å². The van der Waals surface area contributed by atoms with Crippen molar-refractivity contribution in [1.82, 2.24) is 4.90 Å². The highest BCUT2D eigenvalue weighted by atomic mass is 35.5. The van der Waals surface area contributed by atoms with Gasteiger partial charge in [-0.3, -0.25) is 9.69 Å². The van der Waals surface area contributed by atoms with Crippen LogP contribution in [0.2, 0.25) is 0 Å². The second-order valence-corrected chi connectivity index (χ2v) is 6.10. The first-order valence-corrected chi connectivity index (χ1v) is 8.40. The van der Waals surface area contributed by atoms with Crippen molar-refractivity contribution in [2.45, 2.75) is 18.9 Å². The number of ether oxygens (including phenoxy) is 1. The van der Waals surface area contributed by atoms with Crippen molar-refractivity contribution in [3.8, 4) is 0 Å². The molecule has 0 amide bonds. The molecule has 1 atom stereocenters. The number of rotatable bonds is 6.